The molecule has 0 aliphatic rings. The Hall–Kier alpha value is -1.70. The van der Waals surface area contributed by atoms with Crippen molar-refractivity contribution in [2.24, 2.45) is 0 Å². The van der Waals surface area contributed by atoms with Crippen LogP contribution in [0.3, 0.4) is 0 Å². The van der Waals surface area contributed by atoms with Crippen molar-refractivity contribution in [2.45, 2.75) is 0 Å². The normalized spacial score (nSPS) is 10.0. The summed E-state index contributed by atoms with van der Waals surface area (Å²) in [6.45, 7) is 0. The molecule has 0 bridgehead atoms. The van der Waals surface area contributed by atoms with Crippen molar-refractivity contribution in [3.63, 3.8) is 0 Å². The van der Waals surface area contributed by atoms with Gasteiger partial charge in [-0.25, -0.2) is 0 Å². The number of fused-ring (bicyclic) bond motifs is 1. The lowest BCUT2D eigenvalue weighted by molar-refractivity contribution is 1.42. The summed E-state index contributed by atoms with van der Waals surface area (Å²) in [4.78, 5) is 15.2. The second-order valence-electron chi connectivity index (χ2n) is 2.55. The fourth-order valence-electron chi connectivity index (χ4n) is 1.13. The van der Waals surface area contributed by atoms with Gasteiger partial charge in [0.15, 0.2) is 5.43 Å². The van der Waals surface area contributed by atoms with Crippen LogP contribution < -0.4 is 5.43 Å². The van der Waals surface area contributed by atoms with Gasteiger partial charge >= 0.3 is 0 Å². The average Bonchev–Trinajstić information content (AvgIpc) is 2.25. The van der Waals surface area contributed by atoms with Crippen LogP contribution >= 0.6 is 0 Å². The zero-order valence-electron chi connectivity index (χ0n) is 6.40. The second-order valence-corrected chi connectivity index (χ2v) is 2.55. The molecule has 2 nitrogen and oxygen atoms in total. The lowest BCUT2D eigenvalue weighted by atomic mass is 10.3. The molecule has 0 saturated carbocycles. The van der Waals surface area contributed by atoms with Gasteiger partial charge in [0.25, 0.3) is 0 Å². The van der Waals surface area contributed by atoms with Crippen molar-refractivity contribution in [1.82, 2.24) is 4.98 Å². The molecule has 0 spiro atoms. The Morgan fingerprint density at radius 3 is 2.92 bits per heavy atom. The third kappa shape index (κ3) is 1.19. The van der Waals surface area contributed by atoms with Gasteiger partial charge in [-0.1, -0.05) is 12.1 Å². The van der Waals surface area contributed by atoms with E-state index >= 15 is 0 Å². The van der Waals surface area contributed by atoms with E-state index in [4.69, 9.17) is 0 Å². The Bertz CT molecular complexity index is 465. The molecule has 2 heteroatoms. The molecule has 0 unspecified atom stereocenters. The van der Waals surface area contributed by atoms with E-state index in [-0.39, 0.29) is 5.43 Å². The third-order valence-electron chi connectivity index (χ3n) is 1.68. The number of nitrogens with zero attached hydrogens (tertiary/aromatic N) is 1. The van der Waals surface area contributed by atoms with E-state index in [0.29, 0.717) is 0 Å². The maximum atomic E-state index is 11.1. The van der Waals surface area contributed by atoms with Crippen LogP contribution in [0.25, 0.3) is 10.9 Å². The van der Waals surface area contributed by atoms with Gasteiger partial charge in [-0.2, -0.15) is 0 Å². The van der Waals surface area contributed by atoms with Gasteiger partial charge in [0.1, 0.15) is 0 Å². The average molecular weight is 157 g/mol. The molecule has 12 heavy (non-hydrogen) atoms. The van der Waals surface area contributed by atoms with E-state index in [1.54, 1.807) is 18.3 Å². The summed E-state index contributed by atoms with van der Waals surface area (Å²) >= 11 is 0. The molecule has 0 fully saturated rings. The standard InChI is InChI=1S/C10H7NO/c12-9-4-1-5-10-8(7-9)3-2-6-11-10/h1-7H. The smallest absolute Gasteiger partial charge is 0.179 e. The van der Waals surface area contributed by atoms with Gasteiger partial charge in [0.05, 0.1) is 5.52 Å². The largest absolute Gasteiger partial charge is 0.290 e. The van der Waals surface area contributed by atoms with Gasteiger partial charge in [-0.05, 0) is 24.3 Å². The minimum atomic E-state index is 0.0120. The van der Waals surface area contributed by atoms with E-state index in [9.17, 15) is 4.79 Å². The highest BCUT2D eigenvalue weighted by atomic mass is 16.1. The topological polar surface area (TPSA) is 30.0 Å². The Kier molecular flexibility index (Phi) is 1.59. The summed E-state index contributed by atoms with van der Waals surface area (Å²) in [5, 5.41) is 0.882. The molecule has 0 amide bonds. The lowest BCUT2D eigenvalue weighted by Crippen LogP contribution is -1.88. The highest BCUT2D eigenvalue weighted by molar-refractivity contribution is 5.76. The quantitative estimate of drug-likeness (QED) is 0.581. The molecule has 1 aromatic heterocycles. The Morgan fingerprint density at radius 2 is 2.00 bits per heavy atom. The minimum Gasteiger partial charge on any atom is -0.290 e. The molecule has 2 rings (SSSR count). The third-order valence-corrected chi connectivity index (χ3v) is 1.68. The van der Waals surface area contributed by atoms with Gasteiger partial charge in [-0.3, -0.25) is 9.78 Å². The van der Waals surface area contributed by atoms with Crippen LogP contribution in [0.15, 0.2) is 47.4 Å². The molecule has 0 atom stereocenters. The molecule has 1 heterocycles. The molecule has 58 valence electrons. The molecular weight excluding hydrogens is 150 g/mol. The predicted octanol–water partition coefficient (Wildman–Crippen LogP) is 1.59. The van der Waals surface area contributed by atoms with E-state index in [1.807, 2.05) is 18.2 Å². The fraction of sp³-hybridized carbons (Fsp3) is 0. The van der Waals surface area contributed by atoms with Crippen molar-refractivity contribution in [3.05, 3.63) is 52.8 Å². The number of rotatable bonds is 0. The molecular formula is C10H7NO. The van der Waals surface area contributed by atoms with Crippen LogP contribution in [0, 0.1) is 0 Å². The number of hydrogen-bond acceptors (Lipinski definition) is 2. The van der Waals surface area contributed by atoms with Gasteiger partial charge in [-0.15, -0.1) is 0 Å². The molecule has 2 aromatic rings. The van der Waals surface area contributed by atoms with Gasteiger partial charge < -0.3 is 0 Å². The summed E-state index contributed by atoms with van der Waals surface area (Å²) in [6, 6.07) is 10.4. The van der Waals surface area contributed by atoms with Gasteiger partial charge in [0, 0.05) is 11.6 Å². The van der Waals surface area contributed by atoms with E-state index < -0.39 is 0 Å². The first-order valence-corrected chi connectivity index (χ1v) is 3.71. The molecule has 0 aliphatic heterocycles. The number of hydrogen-bond donors (Lipinski definition) is 0. The molecule has 0 aliphatic carbocycles. The van der Waals surface area contributed by atoms with Gasteiger partial charge in [0.2, 0.25) is 0 Å². The summed E-state index contributed by atoms with van der Waals surface area (Å²) in [6.07, 6.45) is 1.72. The van der Waals surface area contributed by atoms with E-state index in [0.717, 1.165) is 10.9 Å². The zero-order chi connectivity index (χ0) is 8.39. The lowest BCUT2D eigenvalue weighted by Gasteiger charge is -1.86. The molecule has 0 N–H and O–H groups in total. The first-order chi connectivity index (χ1) is 5.86. The first-order valence-electron chi connectivity index (χ1n) is 3.71. The monoisotopic (exact) mass is 157 g/mol. The second kappa shape index (κ2) is 2.74. The molecule has 0 saturated heterocycles. The predicted molar refractivity (Wildman–Crippen MR) is 48.0 cm³/mol. The van der Waals surface area contributed by atoms with Crippen molar-refractivity contribution in [2.75, 3.05) is 0 Å². The fourth-order valence-corrected chi connectivity index (χ4v) is 1.13. The summed E-state index contributed by atoms with van der Waals surface area (Å²) < 4.78 is 0. The van der Waals surface area contributed by atoms with Crippen LogP contribution in [0.5, 0.6) is 0 Å². The highest BCUT2D eigenvalue weighted by Crippen LogP contribution is 2.04. The van der Waals surface area contributed by atoms with E-state index in [1.165, 1.54) is 6.07 Å². The SMILES string of the molecule is O=c1cccc2ncccc2c1. The van der Waals surface area contributed by atoms with Crippen LogP contribution in [-0.4, -0.2) is 4.98 Å². The Labute approximate surface area is 69.5 Å². The maximum absolute atomic E-state index is 11.1. The van der Waals surface area contributed by atoms with Crippen molar-refractivity contribution >= 4 is 10.9 Å². The zero-order valence-corrected chi connectivity index (χ0v) is 6.40. The summed E-state index contributed by atoms with van der Waals surface area (Å²) in [5.41, 5.74) is 0.859. The Balaban J connectivity index is 2.98. The van der Waals surface area contributed by atoms with Crippen LogP contribution in [-0.2, 0) is 0 Å². The van der Waals surface area contributed by atoms with Crippen molar-refractivity contribution < 1.29 is 0 Å². The minimum absolute atomic E-state index is 0.0120. The van der Waals surface area contributed by atoms with Crippen LogP contribution in [0.2, 0.25) is 0 Å². The summed E-state index contributed by atoms with van der Waals surface area (Å²) in [5.74, 6) is 0. The maximum Gasteiger partial charge on any atom is 0.179 e. The Morgan fingerprint density at radius 1 is 1.08 bits per heavy atom. The van der Waals surface area contributed by atoms with Crippen molar-refractivity contribution in [1.29, 1.82) is 0 Å². The van der Waals surface area contributed by atoms with Crippen LogP contribution in [0.4, 0.5) is 0 Å². The van der Waals surface area contributed by atoms with Crippen molar-refractivity contribution in [3.8, 4) is 0 Å². The van der Waals surface area contributed by atoms with Crippen LogP contribution in [0.1, 0.15) is 0 Å². The first kappa shape index (κ1) is 6.98. The van der Waals surface area contributed by atoms with E-state index in [2.05, 4.69) is 4.98 Å². The summed E-state index contributed by atoms with van der Waals surface area (Å²) in [7, 11) is 0. The molecule has 1 aromatic carbocycles. The highest BCUT2D eigenvalue weighted by Gasteiger charge is 1.89. The number of pyridine rings is 1. The number of aromatic nitrogens is 1. The molecule has 0 radical (unpaired) electrons.